The summed E-state index contributed by atoms with van der Waals surface area (Å²) in [5.74, 6) is 0. The van der Waals surface area contributed by atoms with Crippen molar-refractivity contribution in [1.29, 1.82) is 0 Å². The van der Waals surface area contributed by atoms with Gasteiger partial charge in [0, 0.05) is 37.6 Å². The van der Waals surface area contributed by atoms with Gasteiger partial charge in [-0.05, 0) is 25.0 Å². The fraction of sp³-hybridized carbons (Fsp3) is 0.438. The lowest BCUT2D eigenvalue weighted by molar-refractivity contribution is 0.250. The molecule has 3 nitrogen and oxygen atoms in total. The van der Waals surface area contributed by atoms with E-state index in [2.05, 4.69) is 26.9 Å². The summed E-state index contributed by atoms with van der Waals surface area (Å²) in [4.78, 5) is 9.69. The molecular weight excluding hydrogens is 270 g/mol. The van der Waals surface area contributed by atoms with Crippen molar-refractivity contribution >= 4 is 28.2 Å². The van der Waals surface area contributed by atoms with Crippen LogP contribution in [0.15, 0.2) is 30.5 Å². The molecule has 3 aliphatic rings. The van der Waals surface area contributed by atoms with Crippen LogP contribution in [0.3, 0.4) is 0 Å². The Labute approximate surface area is 124 Å². The van der Waals surface area contributed by atoms with Crippen molar-refractivity contribution < 1.29 is 0 Å². The standard InChI is InChI=1S/C16H18ClN3/c17-15-3-1-2-12-10-14(11-18-16(12)15)20-9-8-19-6-4-13(20)5-7-19/h1-3,10-11,13H,4-9H2. The number of anilines is 1. The highest BCUT2D eigenvalue weighted by molar-refractivity contribution is 6.35. The Kier molecular flexibility index (Phi) is 3.04. The fourth-order valence-corrected chi connectivity index (χ4v) is 3.73. The molecule has 3 aliphatic heterocycles. The van der Waals surface area contributed by atoms with Crippen LogP contribution in [0, 0.1) is 0 Å². The maximum absolute atomic E-state index is 6.20. The molecule has 1 aromatic carbocycles. The van der Waals surface area contributed by atoms with Gasteiger partial charge in [0.25, 0.3) is 0 Å². The minimum absolute atomic E-state index is 0.673. The van der Waals surface area contributed by atoms with E-state index in [1.165, 1.54) is 38.2 Å². The zero-order valence-electron chi connectivity index (χ0n) is 11.4. The number of aromatic nitrogens is 1. The maximum Gasteiger partial charge on any atom is 0.0889 e. The van der Waals surface area contributed by atoms with E-state index in [9.17, 15) is 0 Å². The Balaban J connectivity index is 1.74. The van der Waals surface area contributed by atoms with Gasteiger partial charge in [-0.15, -0.1) is 0 Å². The molecule has 104 valence electrons. The van der Waals surface area contributed by atoms with Gasteiger partial charge in [-0.25, -0.2) is 0 Å². The van der Waals surface area contributed by atoms with Crippen molar-refractivity contribution in [3.05, 3.63) is 35.5 Å². The highest BCUT2D eigenvalue weighted by Crippen LogP contribution is 2.29. The normalized spacial score (nSPS) is 25.9. The summed E-state index contributed by atoms with van der Waals surface area (Å²) >= 11 is 6.20. The molecule has 2 bridgehead atoms. The van der Waals surface area contributed by atoms with Crippen molar-refractivity contribution in [3.8, 4) is 0 Å². The summed E-state index contributed by atoms with van der Waals surface area (Å²) in [6.07, 6.45) is 4.53. The molecule has 2 aromatic rings. The van der Waals surface area contributed by atoms with Crippen LogP contribution < -0.4 is 4.90 Å². The average molecular weight is 288 g/mol. The van der Waals surface area contributed by atoms with Crippen LogP contribution in [0.5, 0.6) is 0 Å². The molecule has 0 atom stereocenters. The first-order valence-corrected chi connectivity index (χ1v) is 7.72. The molecule has 0 spiro atoms. The van der Waals surface area contributed by atoms with E-state index in [0.717, 1.165) is 22.5 Å². The molecule has 3 fully saturated rings. The van der Waals surface area contributed by atoms with Gasteiger partial charge in [-0.2, -0.15) is 0 Å². The van der Waals surface area contributed by atoms with E-state index < -0.39 is 0 Å². The average Bonchev–Trinajstić information content (AvgIpc) is 2.81. The first-order valence-electron chi connectivity index (χ1n) is 7.34. The highest BCUT2D eigenvalue weighted by Gasteiger charge is 2.29. The maximum atomic E-state index is 6.20. The second-order valence-electron chi connectivity index (χ2n) is 5.77. The predicted molar refractivity (Wildman–Crippen MR) is 83.6 cm³/mol. The van der Waals surface area contributed by atoms with Crippen molar-refractivity contribution in [2.24, 2.45) is 0 Å². The number of hydrogen-bond donors (Lipinski definition) is 0. The van der Waals surface area contributed by atoms with Gasteiger partial charge in [0.2, 0.25) is 0 Å². The van der Waals surface area contributed by atoms with E-state index in [0.29, 0.717) is 6.04 Å². The Morgan fingerprint density at radius 3 is 2.80 bits per heavy atom. The van der Waals surface area contributed by atoms with Gasteiger partial charge in [0.15, 0.2) is 0 Å². The number of rotatable bonds is 1. The Bertz CT molecular complexity index is 635. The number of benzene rings is 1. The molecule has 0 N–H and O–H groups in total. The van der Waals surface area contributed by atoms with Gasteiger partial charge >= 0.3 is 0 Å². The molecule has 20 heavy (non-hydrogen) atoms. The smallest absolute Gasteiger partial charge is 0.0889 e. The summed E-state index contributed by atoms with van der Waals surface area (Å²) in [5.41, 5.74) is 2.15. The molecule has 4 heterocycles. The number of fused-ring (bicyclic) bond motifs is 5. The van der Waals surface area contributed by atoms with Gasteiger partial charge in [-0.3, -0.25) is 4.98 Å². The van der Waals surface area contributed by atoms with Gasteiger partial charge in [-0.1, -0.05) is 23.7 Å². The lowest BCUT2D eigenvalue weighted by atomic mass is 10.0. The first-order chi connectivity index (χ1) is 9.81. The lowest BCUT2D eigenvalue weighted by Crippen LogP contribution is -2.37. The minimum Gasteiger partial charge on any atom is -0.366 e. The van der Waals surface area contributed by atoms with E-state index >= 15 is 0 Å². The molecule has 0 unspecified atom stereocenters. The summed E-state index contributed by atoms with van der Waals surface area (Å²) < 4.78 is 0. The van der Waals surface area contributed by atoms with Crippen LogP contribution in [0.25, 0.3) is 10.9 Å². The molecule has 0 saturated carbocycles. The van der Waals surface area contributed by atoms with Crippen LogP contribution in [0.4, 0.5) is 5.69 Å². The molecule has 3 saturated heterocycles. The molecule has 0 amide bonds. The fourth-order valence-electron chi connectivity index (χ4n) is 3.50. The number of nitrogens with zero attached hydrogens (tertiary/aromatic N) is 3. The summed E-state index contributed by atoms with van der Waals surface area (Å²) in [7, 11) is 0. The molecular formula is C16H18ClN3. The molecule has 0 aliphatic carbocycles. The number of pyridine rings is 1. The quantitative estimate of drug-likeness (QED) is 0.803. The third kappa shape index (κ3) is 2.05. The van der Waals surface area contributed by atoms with Crippen molar-refractivity contribution in [3.63, 3.8) is 0 Å². The second kappa shape index (κ2) is 4.90. The third-order valence-corrected chi connectivity index (χ3v) is 4.94. The molecule has 5 rings (SSSR count). The molecule has 1 aromatic heterocycles. The van der Waals surface area contributed by atoms with E-state index in [4.69, 9.17) is 11.6 Å². The topological polar surface area (TPSA) is 19.4 Å². The number of hydrogen-bond acceptors (Lipinski definition) is 3. The van der Waals surface area contributed by atoms with Crippen molar-refractivity contribution in [1.82, 2.24) is 9.88 Å². The summed E-state index contributed by atoms with van der Waals surface area (Å²) in [6, 6.07) is 8.90. The zero-order chi connectivity index (χ0) is 13.5. The minimum atomic E-state index is 0.673. The summed E-state index contributed by atoms with van der Waals surface area (Å²) in [6.45, 7) is 4.77. The largest absolute Gasteiger partial charge is 0.366 e. The number of para-hydroxylation sites is 1. The zero-order valence-corrected chi connectivity index (χ0v) is 12.2. The number of halogens is 1. The van der Waals surface area contributed by atoms with Crippen LogP contribution in [-0.4, -0.2) is 42.1 Å². The van der Waals surface area contributed by atoms with Gasteiger partial charge in [0.05, 0.1) is 22.4 Å². The van der Waals surface area contributed by atoms with Crippen molar-refractivity contribution in [2.75, 3.05) is 31.1 Å². The van der Waals surface area contributed by atoms with Crippen molar-refractivity contribution in [2.45, 2.75) is 18.9 Å². The van der Waals surface area contributed by atoms with E-state index in [1.54, 1.807) is 0 Å². The SMILES string of the molecule is Clc1cccc2cc(N3CCN4CCC3CC4)cnc12. The third-order valence-electron chi connectivity index (χ3n) is 4.63. The molecule has 4 heteroatoms. The van der Waals surface area contributed by atoms with Gasteiger partial charge < -0.3 is 9.80 Å². The number of piperidine rings is 1. The Morgan fingerprint density at radius 1 is 1.10 bits per heavy atom. The van der Waals surface area contributed by atoms with Crippen LogP contribution >= 0.6 is 11.6 Å². The van der Waals surface area contributed by atoms with Crippen LogP contribution in [0.2, 0.25) is 5.02 Å². The van der Waals surface area contributed by atoms with Crippen LogP contribution in [-0.2, 0) is 0 Å². The predicted octanol–water partition coefficient (Wildman–Crippen LogP) is 3.17. The summed E-state index contributed by atoms with van der Waals surface area (Å²) in [5, 5.41) is 1.87. The monoisotopic (exact) mass is 287 g/mol. The van der Waals surface area contributed by atoms with Crippen LogP contribution in [0.1, 0.15) is 12.8 Å². The van der Waals surface area contributed by atoms with E-state index in [-0.39, 0.29) is 0 Å². The first kappa shape index (κ1) is 12.4. The Morgan fingerprint density at radius 2 is 1.95 bits per heavy atom. The molecule has 0 radical (unpaired) electrons. The highest BCUT2D eigenvalue weighted by atomic mass is 35.5. The lowest BCUT2D eigenvalue weighted by Gasteiger charge is -2.32. The Hall–Kier alpha value is -1.32. The van der Waals surface area contributed by atoms with Gasteiger partial charge in [0.1, 0.15) is 0 Å². The van der Waals surface area contributed by atoms with E-state index in [1.807, 2.05) is 18.3 Å². The second-order valence-corrected chi connectivity index (χ2v) is 6.18.